The van der Waals surface area contributed by atoms with Gasteiger partial charge in [-0.15, -0.1) is 11.3 Å². The first-order valence-electron chi connectivity index (χ1n) is 3.74. The lowest BCUT2D eigenvalue weighted by atomic mass is 10.2. The summed E-state index contributed by atoms with van der Waals surface area (Å²) < 4.78 is 27.8. The number of benzene rings is 1. The van der Waals surface area contributed by atoms with Gasteiger partial charge < -0.3 is 0 Å². The third kappa shape index (κ3) is 1.69. The first-order chi connectivity index (χ1) is 6.61. The second-order valence-corrected chi connectivity index (χ2v) is 5.62. The molecule has 5 heteroatoms. The molecule has 14 heavy (non-hydrogen) atoms. The van der Waals surface area contributed by atoms with Gasteiger partial charge in [-0.05, 0) is 44.6 Å². The van der Waals surface area contributed by atoms with E-state index < -0.39 is 6.43 Å². The molecule has 0 N–H and O–H groups in total. The van der Waals surface area contributed by atoms with Gasteiger partial charge in [0, 0.05) is 29.1 Å². The van der Waals surface area contributed by atoms with Gasteiger partial charge in [0.15, 0.2) is 0 Å². The van der Waals surface area contributed by atoms with Crippen LogP contribution in [0.15, 0.2) is 22.0 Å². The highest BCUT2D eigenvalue weighted by Crippen LogP contribution is 2.39. The lowest BCUT2D eigenvalue weighted by Gasteiger charge is -2.02. The Morgan fingerprint density at radius 1 is 1.36 bits per heavy atom. The molecule has 0 aliphatic heterocycles. The van der Waals surface area contributed by atoms with Crippen LogP contribution in [0.2, 0.25) is 0 Å². The van der Waals surface area contributed by atoms with Crippen LogP contribution in [0, 0.1) is 3.57 Å². The Morgan fingerprint density at radius 2 is 2.07 bits per heavy atom. The average molecular weight is 389 g/mol. The first kappa shape index (κ1) is 10.8. The number of rotatable bonds is 1. The molecule has 0 saturated heterocycles. The molecule has 0 aliphatic carbocycles. The molecule has 2 rings (SSSR count). The van der Waals surface area contributed by atoms with E-state index in [-0.39, 0.29) is 5.56 Å². The molecule has 0 fully saturated rings. The summed E-state index contributed by atoms with van der Waals surface area (Å²) in [6, 6.07) is 3.22. The van der Waals surface area contributed by atoms with Crippen molar-refractivity contribution in [2.75, 3.05) is 0 Å². The molecule has 0 saturated carbocycles. The monoisotopic (exact) mass is 388 g/mol. The summed E-state index contributed by atoms with van der Waals surface area (Å²) in [6.45, 7) is 0. The summed E-state index contributed by atoms with van der Waals surface area (Å²) in [7, 11) is 0. The summed E-state index contributed by atoms with van der Waals surface area (Å²) in [5, 5.41) is 2.74. The fourth-order valence-corrected chi connectivity index (χ4v) is 4.35. The third-order valence-electron chi connectivity index (χ3n) is 1.89. The third-order valence-corrected chi connectivity index (χ3v) is 4.75. The summed E-state index contributed by atoms with van der Waals surface area (Å²) in [5.74, 6) is 0. The van der Waals surface area contributed by atoms with Gasteiger partial charge in [-0.25, -0.2) is 8.78 Å². The van der Waals surface area contributed by atoms with E-state index in [9.17, 15) is 8.78 Å². The Hall–Kier alpha value is 0.250. The van der Waals surface area contributed by atoms with E-state index >= 15 is 0 Å². The largest absolute Gasteiger partial charge is 0.265 e. The molecule has 0 radical (unpaired) electrons. The fourth-order valence-electron chi connectivity index (χ4n) is 1.27. The van der Waals surface area contributed by atoms with Crippen LogP contribution in [-0.2, 0) is 0 Å². The Balaban J connectivity index is 2.83. The molecular formula is C9H4BrF2IS. The van der Waals surface area contributed by atoms with Gasteiger partial charge in [-0.2, -0.15) is 0 Å². The van der Waals surface area contributed by atoms with E-state index in [4.69, 9.17) is 0 Å². The zero-order chi connectivity index (χ0) is 10.3. The Bertz CT molecular complexity index is 481. The minimum absolute atomic E-state index is 0.121. The van der Waals surface area contributed by atoms with Crippen molar-refractivity contribution in [1.82, 2.24) is 0 Å². The van der Waals surface area contributed by atoms with Gasteiger partial charge >= 0.3 is 0 Å². The van der Waals surface area contributed by atoms with Crippen LogP contribution in [0.3, 0.4) is 0 Å². The molecule has 0 unspecified atom stereocenters. The van der Waals surface area contributed by atoms with Crippen molar-refractivity contribution in [3.8, 4) is 0 Å². The van der Waals surface area contributed by atoms with E-state index in [2.05, 4.69) is 38.5 Å². The van der Waals surface area contributed by atoms with Crippen LogP contribution in [0.1, 0.15) is 12.0 Å². The van der Waals surface area contributed by atoms with Crippen LogP contribution in [0.25, 0.3) is 10.1 Å². The number of fused-ring (bicyclic) bond motifs is 1. The Labute approximate surface area is 106 Å². The van der Waals surface area contributed by atoms with E-state index in [1.54, 1.807) is 6.07 Å². The van der Waals surface area contributed by atoms with Gasteiger partial charge in [-0.3, -0.25) is 0 Å². The molecule has 0 atom stereocenters. The molecule has 0 bridgehead atoms. The molecule has 0 spiro atoms. The van der Waals surface area contributed by atoms with E-state index in [0.29, 0.717) is 4.70 Å². The van der Waals surface area contributed by atoms with Crippen LogP contribution < -0.4 is 0 Å². The quantitative estimate of drug-likeness (QED) is 0.588. The van der Waals surface area contributed by atoms with E-state index in [1.165, 1.54) is 17.4 Å². The van der Waals surface area contributed by atoms with Gasteiger partial charge in [-0.1, -0.05) is 6.07 Å². The SMILES string of the molecule is FC(F)c1ccc(I)c2c(Br)csc12. The minimum atomic E-state index is -2.40. The predicted octanol–water partition coefficient (Wildman–Crippen LogP) is 5.21. The molecule has 74 valence electrons. The summed E-state index contributed by atoms with van der Waals surface area (Å²) >= 11 is 6.87. The average Bonchev–Trinajstić information content (AvgIpc) is 2.49. The van der Waals surface area contributed by atoms with Crippen LogP contribution in [0.5, 0.6) is 0 Å². The van der Waals surface area contributed by atoms with Crippen molar-refractivity contribution in [3.63, 3.8) is 0 Å². The lowest BCUT2D eigenvalue weighted by Crippen LogP contribution is -1.85. The fraction of sp³-hybridized carbons (Fsp3) is 0.111. The molecule has 1 aromatic carbocycles. The topological polar surface area (TPSA) is 0 Å². The molecule has 0 aliphatic rings. The molecule has 1 aromatic heterocycles. The molecule has 0 amide bonds. The zero-order valence-electron chi connectivity index (χ0n) is 6.73. The standard InChI is InChI=1S/C9H4BrF2IS/c10-5-3-14-8-4(9(11)12)1-2-6(13)7(5)8/h1-3,9H. The predicted molar refractivity (Wildman–Crippen MR) is 67.2 cm³/mol. The van der Waals surface area contributed by atoms with Crippen LogP contribution in [-0.4, -0.2) is 0 Å². The van der Waals surface area contributed by atoms with Crippen molar-refractivity contribution < 1.29 is 8.78 Å². The summed E-state index contributed by atoms with van der Waals surface area (Å²) in [6.07, 6.45) is -2.40. The zero-order valence-corrected chi connectivity index (χ0v) is 11.3. The molecular weight excluding hydrogens is 385 g/mol. The van der Waals surface area contributed by atoms with Gasteiger partial charge in [0.2, 0.25) is 0 Å². The maximum atomic E-state index is 12.6. The van der Waals surface area contributed by atoms with Crippen molar-refractivity contribution in [1.29, 1.82) is 0 Å². The summed E-state index contributed by atoms with van der Waals surface area (Å²) in [4.78, 5) is 0. The number of hydrogen-bond acceptors (Lipinski definition) is 1. The highest BCUT2D eigenvalue weighted by molar-refractivity contribution is 14.1. The van der Waals surface area contributed by atoms with Gasteiger partial charge in [0.25, 0.3) is 6.43 Å². The first-order valence-corrected chi connectivity index (χ1v) is 6.49. The molecule has 0 nitrogen and oxygen atoms in total. The normalized spacial score (nSPS) is 11.5. The van der Waals surface area contributed by atoms with Crippen molar-refractivity contribution in [2.45, 2.75) is 6.43 Å². The van der Waals surface area contributed by atoms with Gasteiger partial charge in [0.05, 0.1) is 0 Å². The van der Waals surface area contributed by atoms with Crippen molar-refractivity contribution in [2.24, 2.45) is 0 Å². The highest BCUT2D eigenvalue weighted by atomic mass is 127. The number of thiophene rings is 1. The highest BCUT2D eigenvalue weighted by Gasteiger charge is 2.15. The summed E-state index contributed by atoms with van der Waals surface area (Å²) in [5.41, 5.74) is 0.121. The van der Waals surface area contributed by atoms with Crippen LogP contribution >= 0.6 is 49.9 Å². The molecule has 1 heterocycles. The second kappa shape index (κ2) is 4.02. The van der Waals surface area contributed by atoms with Crippen molar-refractivity contribution >= 4 is 59.9 Å². The van der Waals surface area contributed by atoms with Crippen LogP contribution in [0.4, 0.5) is 8.78 Å². The minimum Gasteiger partial charge on any atom is -0.205 e. The number of alkyl halides is 2. The second-order valence-electron chi connectivity index (χ2n) is 2.73. The van der Waals surface area contributed by atoms with Crippen molar-refractivity contribution in [3.05, 3.63) is 31.1 Å². The molecule has 2 aromatic rings. The Kier molecular flexibility index (Phi) is 3.09. The van der Waals surface area contributed by atoms with Gasteiger partial charge in [0.1, 0.15) is 0 Å². The lowest BCUT2D eigenvalue weighted by molar-refractivity contribution is 0.153. The Morgan fingerprint density at radius 3 is 2.71 bits per heavy atom. The maximum absolute atomic E-state index is 12.6. The maximum Gasteiger partial charge on any atom is 0.265 e. The van der Waals surface area contributed by atoms with E-state index in [0.717, 1.165) is 13.4 Å². The smallest absolute Gasteiger partial charge is 0.205 e. The van der Waals surface area contributed by atoms with E-state index in [1.807, 2.05) is 5.38 Å². The number of hydrogen-bond donors (Lipinski definition) is 0. The number of halogens is 4.